The zero-order valence-corrected chi connectivity index (χ0v) is 11.3. The average molecular weight is 270 g/mol. The summed E-state index contributed by atoms with van der Waals surface area (Å²) in [6.07, 6.45) is 8.51. The Morgan fingerprint density at radius 2 is 1.95 bits per heavy atom. The van der Waals surface area contributed by atoms with Gasteiger partial charge in [-0.05, 0) is 36.5 Å². The Morgan fingerprint density at radius 3 is 2.60 bits per heavy atom. The lowest BCUT2D eigenvalue weighted by Crippen LogP contribution is -2.35. The van der Waals surface area contributed by atoms with Crippen molar-refractivity contribution >= 4 is 5.69 Å². The summed E-state index contributed by atoms with van der Waals surface area (Å²) in [6.45, 7) is 1.88. The Labute approximate surface area is 118 Å². The van der Waals surface area contributed by atoms with Crippen LogP contribution in [-0.4, -0.2) is 33.4 Å². The van der Waals surface area contributed by atoms with Crippen molar-refractivity contribution in [3.05, 3.63) is 48.5 Å². The molecule has 0 spiro atoms. The largest absolute Gasteiger partial charge is 0.388 e. The number of aliphatic hydroxyl groups is 1. The molecule has 0 aliphatic carbocycles. The van der Waals surface area contributed by atoms with Gasteiger partial charge < -0.3 is 10.0 Å². The summed E-state index contributed by atoms with van der Waals surface area (Å²) in [5, 5.41) is 18.1. The monoisotopic (exact) mass is 270 g/mol. The lowest BCUT2D eigenvalue weighted by atomic mass is 9.88. The Hall–Kier alpha value is -2.01. The maximum absolute atomic E-state index is 10.4. The van der Waals surface area contributed by atoms with Crippen LogP contribution in [0.25, 0.3) is 0 Å². The number of aliphatic hydroxyl groups excluding tert-OH is 1. The van der Waals surface area contributed by atoms with Crippen LogP contribution in [0.4, 0.5) is 5.69 Å². The number of nitrogens with zero attached hydrogens (tertiary/aromatic N) is 4. The molecule has 3 heterocycles. The summed E-state index contributed by atoms with van der Waals surface area (Å²) in [5.74, 6) is 0.297. The highest BCUT2D eigenvalue weighted by molar-refractivity contribution is 5.43. The second kappa shape index (κ2) is 5.96. The quantitative estimate of drug-likeness (QED) is 0.921. The van der Waals surface area contributed by atoms with Crippen LogP contribution in [0.3, 0.4) is 0 Å². The second-order valence-corrected chi connectivity index (χ2v) is 5.16. The van der Waals surface area contributed by atoms with Crippen LogP contribution < -0.4 is 4.90 Å². The molecule has 0 aromatic carbocycles. The van der Waals surface area contributed by atoms with Gasteiger partial charge in [0.05, 0.1) is 24.2 Å². The van der Waals surface area contributed by atoms with Gasteiger partial charge in [0.15, 0.2) is 0 Å². The molecular weight excluding hydrogens is 252 g/mol. The van der Waals surface area contributed by atoms with Gasteiger partial charge in [0.25, 0.3) is 0 Å². The predicted octanol–water partition coefficient (Wildman–Crippen LogP) is 1.82. The van der Waals surface area contributed by atoms with Gasteiger partial charge in [-0.2, -0.15) is 10.2 Å². The van der Waals surface area contributed by atoms with Gasteiger partial charge in [-0.3, -0.25) is 4.98 Å². The number of piperidine rings is 1. The van der Waals surface area contributed by atoms with Gasteiger partial charge in [-0.15, -0.1) is 0 Å². The molecule has 1 aliphatic rings. The number of anilines is 1. The minimum Gasteiger partial charge on any atom is -0.388 e. The minimum atomic E-state index is -0.415. The van der Waals surface area contributed by atoms with Crippen molar-refractivity contribution in [2.24, 2.45) is 5.92 Å². The van der Waals surface area contributed by atoms with E-state index in [1.54, 1.807) is 24.8 Å². The van der Waals surface area contributed by atoms with Crippen molar-refractivity contribution in [3.63, 3.8) is 0 Å². The summed E-state index contributed by atoms with van der Waals surface area (Å²) in [4.78, 5) is 6.37. The molecule has 1 N–H and O–H groups in total. The SMILES string of the molecule is O[C@H](c1cccnc1)C1CCN(c2ccnnc2)CC1. The van der Waals surface area contributed by atoms with Crippen LogP contribution in [0.1, 0.15) is 24.5 Å². The number of aromatic nitrogens is 3. The van der Waals surface area contributed by atoms with E-state index in [1.807, 2.05) is 18.2 Å². The highest BCUT2D eigenvalue weighted by Crippen LogP contribution is 2.31. The van der Waals surface area contributed by atoms with E-state index in [1.165, 1.54) is 0 Å². The van der Waals surface area contributed by atoms with Gasteiger partial charge in [0, 0.05) is 25.5 Å². The van der Waals surface area contributed by atoms with Crippen molar-refractivity contribution in [2.45, 2.75) is 18.9 Å². The van der Waals surface area contributed by atoms with Gasteiger partial charge in [-0.25, -0.2) is 0 Å². The zero-order valence-electron chi connectivity index (χ0n) is 11.3. The third-order valence-electron chi connectivity index (χ3n) is 3.95. The molecule has 2 aromatic rings. The Morgan fingerprint density at radius 1 is 1.10 bits per heavy atom. The molecule has 104 valence electrons. The molecule has 5 heteroatoms. The summed E-state index contributed by atoms with van der Waals surface area (Å²) >= 11 is 0. The van der Waals surface area contributed by atoms with Crippen LogP contribution in [0, 0.1) is 5.92 Å². The van der Waals surface area contributed by atoms with E-state index >= 15 is 0 Å². The molecule has 3 rings (SSSR count). The van der Waals surface area contributed by atoms with Crippen LogP contribution in [-0.2, 0) is 0 Å². The average Bonchev–Trinajstić information content (AvgIpc) is 2.56. The third kappa shape index (κ3) is 2.77. The fourth-order valence-corrected chi connectivity index (χ4v) is 2.77. The summed E-state index contributed by atoms with van der Waals surface area (Å²) in [7, 11) is 0. The molecule has 0 radical (unpaired) electrons. The smallest absolute Gasteiger partial charge is 0.0834 e. The lowest BCUT2D eigenvalue weighted by Gasteiger charge is -2.35. The molecule has 0 bridgehead atoms. The highest BCUT2D eigenvalue weighted by Gasteiger charge is 2.26. The first kappa shape index (κ1) is 13.0. The predicted molar refractivity (Wildman–Crippen MR) is 76.2 cm³/mol. The molecule has 2 aromatic heterocycles. The number of hydrogen-bond acceptors (Lipinski definition) is 5. The maximum Gasteiger partial charge on any atom is 0.0834 e. The Kier molecular flexibility index (Phi) is 3.87. The van der Waals surface area contributed by atoms with Gasteiger partial charge in [0.1, 0.15) is 0 Å². The molecule has 1 saturated heterocycles. The zero-order chi connectivity index (χ0) is 13.8. The first-order chi connectivity index (χ1) is 9.84. The van der Waals surface area contributed by atoms with Crippen molar-refractivity contribution in [1.29, 1.82) is 0 Å². The van der Waals surface area contributed by atoms with E-state index < -0.39 is 6.10 Å². The molecule has 1 aliphatic heterocycles. The molecular formula is C15H18N4O. The molecule has 0 amide bonds. The minimum absolute atomic E-state index is 0.297. The standard InChI is InChI=1S/C15H18N4O/c20-15(13-2-1-6-16-10-13)12-4-8-19(9-5-12)14-3-7-17-18-11-14/h1-3,6-7,10-12,15,20H,4-5,8-9H2/t15-/m0/s1. The fourth-order valence-electron chi connectivity index (χ4n) is 2.77. The van der Waals surface area contributed by atoms with Gasteiger partial charge >= 0.3 is 0 Å². The molecule has 0 unspecified atom stereocenters. The molecule has 0 saturated carbocycles. The maximum atomic E-state index is 10.4. The van der Waals surface area contributed by atoms with Crippen LogP contribution in [0.2, 0.25) is 0 Å². The normalized spacial score (nSPS) is 17.9. The first-order valence-corrected chi connectivity index (χ1v) is 6.94. The van der Waals surface area contributed by atoms with E-state index in [-0.39, 0.29) is 0 Å². The topological polar surface area (TPSA) is 62.1 Å². The van der Waals surface area contributed by atoms with Crippen LogP contribution in [0.5, 0.6) is 0 Å². The summed E-state index contributed by atoms with van der Waals surface area (Å²) in [5.41, 5.74) is 2.02. The van der Waals surface area contributed by atoms with E-state index in [0.717, 1.165) is 37.2 Å². The Bertz CT molecular complexity index is 526. The van der Waals surface area contributed by atoms with E-state index in [9.17, 15) is 5.11 Å². The Balaban J connectivity index is 1.61. The molecule has 1 atom stereocenters. The van der Waals surface area contributed by atoms with E-state index in [2.05, 4.69) is 20.1 Å². The van der Waals surface area contributed by atoms with Crippen molar-refractivity contribution in [3.8, 4) is 0 Å². The molecule has 1 fully saturated rings. The van der Waals surface area contributed by atoms with Crippen molar-refractivity contribution in [1.82, 2.24) is 15.2 Å². The van der Waals surface area contributed by atoms with Crippen molar-refractivity contribution in [2.75, 3.05) is 18.0 Å². The summed E-state index contributed by atoms with van der Waals surface area (Å²) < 4.78 is 0. The summed E-state index contributed by atoms with van der Waals surface area (Å²) in [6, 6.07) is 5.79. The number of rotatable bonds is 3. The first-order valence-electron chi connectivity index (χ1n) is 6.94. The molecule has 20 heavy (non-hydrogen) atoms. The number of hydrogen-bond donors (Lipinski definition) is 1. The van der Waals surface area contributed by atoms with E-state index in [0.29, 0.717) is 5.92 Å². The van der Waals surface area contributed by atoms with Crippen LogP contribution >= 0.6 is 0 Å². The molecule has 5 nitrogen and oxygen atoms in total. The van der Waals surface area contributed by atoms with E-state index in [4.69, 9.17) is 0 Å². The van der Waals surface area contributed by atoms with Crippen molar-refractivity contribution < 1.29 is 5.11 Å². The second-order valence-electron chi connectivity index (χ2n) is 5.16. The highest BCUT2D eigenvalue weighted by atomic mass is 16.3. The fraction of sp³-hybridized carbons (Fsp3) is 0.400. The van der Waals surface area contributed by atoms with Gasteiger partial charge in [-0.1, -0.05) is 6.07 Å². The number of pyridine rings is 1. The van der Waals surface area contributed by atoms with Gasteiger partial charge in [0.2, 0.25) is 0 Å². The van der Waals surface area contributed by atoms with Crippen LogP contribution in [0.15, 0.2) is 43.0 Å². The third-order valence-corrected chi connectivity index (χ3v) is 3.95. The lowest BCUT2D eigenvalue weighted by molar-refractivity contribution is 0.0926.